The molecule has 2 aromatic carbocycles. The van der Waals surface area contributed by atoms with Crippen molar-refractivity contribution in [3.8, 4) is 5.75 Å². The van der Waals surface area contributed by atoms with Crippen LogP contribution in [0.1, 0.15) is 31.7 Å². The van der Waals surface area contributed by atoms with Crippen LogP contribution >= 0.6 is 15.9 Å². The van der Waals surface area contributed by atoms with Gasteiger partial charge in [-0.05, 0) is 55.7 Å². The third-order valence-corrected chi connectivity index (χ3v) is 7.18. The number of benzene rings is 2. The van der Waals surface area contributed by atoms with Crippen LogP contribution in [0.5, 0.6) is 5.75 Å². The van der Waals surface area contributed by atoms with E-state index in [0.717, 1.165) is 29.3 Å². The molecule has 1 aliphatic heterocycles. The lowest BCUT2D eigenvalue weighted by Crippen LogP contribution is -2.35. The Hall–Kier alpha value is -1.90. The number of piperidine rings is 1. The summed E-state index contributed by atoms with van der Waals surface area (Å²) in [5.74, 6) is 0.218. The van der Waals surface area contributed by atoms with Crippen LogP contribution in [-0.2, 0) is 21.2 Å². The predicted molar refractivity (Wildman–Crippen MR) is 117 cm³/mol. The van der Waals surface area contributed by atoms with Crippen LogP contribution in [0.4, 0.5) is 5.69 Å². The number of hydrogen-bond donors (Lipinski definition) is 1. The van der Waals surface area contributed by atoms with Gasteiger partial charge in [0, 0.05) is 17.6 Å². The highest BCUT2D eigenvalue weighted by molar-refractivity contribution is 9.10. The molecule has 2 aromatic rings. The summed E-state index contributed by atoms with van der Waals surface area (Å²) in [6, 6.07) is 12.1. The van der Waals surface area contributed by atoms with E-state index in [-0.39, 0.29) is 17.2 Å². The van der Waals surface area contributed by atoms with E-state index in [4.69, 9.17) is 4.74 Å². The summed E-state index contributed by atoms with van der Waals surface area (Å²) in [4.78, 5) is 12.7. The van der Waals surface area contributed by atoms with E-state index in [2.05, 4.69) is 21.2 Å². The van der Waals surface area contributed by atoms with Crippen molar-refractivity contribution in [2.24, 2.45) is 0 Å². The summed E-state index contributed by atoms with van der Waals surface area (Å²) in [6.07, 6.45) is 2.97. The fourth-order valence-electron chi connectivity index (χ4n) is 3.28. The third-order valence-electron chi connectivity index (χ3n) is 4.76. The van der Waals surface area contributed by atoms with Crippen molar-refractivity contribution in [2.45, 2.75) is 37.5 Å². The summed E-state index contributed by atoms with van der Waals surface area (Å²) in [7, 11) is -3.59. The molecule has 0 spiro atoms. The maximum atomic E-state index is 13.0. The van der Waals surface area contributed by atoms with Crippen LogP contribution in [0.3, 0.4) is 0 Å². The van der Waals surface area contributed by atoms with Crippen molar-refractivity contribution in [3.63, 3.8) is 0 Å². The fourth-order valence-corrected chi connectivity index (χ4v) is 5.09. The molecule has 156 valence electrons. The second-order valence-corrected chi connectivity index (χ2v) is 9.76. The summed E-state index contributed by atoms with van der Waals surface area (Å²) in [6.45, 7) is 3.31. The molecule has 8 heteroatoms. The van der Waals surface area contributed by atoms with Gasteiger partial charge in [-0.15, -0.1) is 0 Å². The van der Waals surface area contributed by atoms with Gasteiger partial charge >= 0.3 is 0 Å². The Bertz CT molecular complexity index is 955. The first-order valence-electron chi connectivity index (χ1n) is 9.71. The van der Waals surface area contributed by atoms with Gasteiger partial charge < -0.3 is 10.1 Å². The molecule has 0 aromatic heterocycles. The number of sulfonamides is 1. The maximum Gasteiger partial charge on any atom is 0.243 e. The van der Waals surface area contributed by atoms with Gasteiger partial charge in [-0.1, -0.05) is 34.5 Å². The minimum Gasteiger partial charge on any atom is -0.492 e. The highest BCUT2D eigenvalue weighted by Crippen LogP contribution is 2.30. The van der Waals surface area contributed by atoms with Crippen molar-refractivity contribution in [3.05, 3.63) is 52.5 Å². The molecule has 1 N–H and O–H groups in total. The first-order chi connectivity index (χ1) is 13.9. The summed E-state index contributed by atoms with van der Waals surface area (Å²) >= 11 is 3.37. The minimum absolute atomic E-state index is 0.168. The molecule has 0 atom stereocenters. The summed E-state index contributed by atoms with van der Waals surface area (Å²) in [5, 5.41) is 2.82. The van der Waals surface area contributed by atoms with Crippen molar-refractivity contribution in [2.75, 3.05) is 25.0 Å². The molecule has 6 nitrogen and oxygen atoms in total. The topological polar surface area (TPSA) is 75.7 Å². The van der Waals surface area contributed by atoms with E-state index >= 15 is 0 Å². The van der Waals surface area contributed by atoms with Crippen LogP contribution in [0.25, 0.3) is 0 Å². The Morgan fingerprint density at radius 2 is 1.79 bits per heavy atom. The average molecular weight is 481 g/mol. The maximum absolute atomic E-state index is 13.0. The number of carbonyl (C=O) groups excluding carboxylic acids is 1. The van der Waals surface area contributed by atoms with Gasteiger partial charge in [0.1, 0.15) is 5.75 Å². The van der Waals surface area contributed by atoms with Gasteiger partial charge in [0.15, 0.2) is 0 Å². The van der Waals surface area contributed by atoms with Crippen molar-refractivity contribution in [1.82, 2.24) is 4.31 Å². The number of hydrogen-bond acceptors (Lipinski definition) is 4. The van der Waals surface area contributed by atoms with Crippen LogP contribution in [-0.4, -0.2) is 38.3 Å². The number of nitrogens with one attached hydrogen (secondary N) is 1. The van der Waals surface area contributed by atoms with Crippen LogP contribution in [0.2, 0.25) is 0 Å². The highest BCUT2D eigenvalue weighted by Gasteiger charge is 2.27. The molecular formula is C21H25BrN2O4S. The number of ether oxygens (including phenoxy) is 1. The molecule has 1 heterocycles. The second-order valence-electron chi connectivity index (χ2n) is 6.91. The van der Waals surface area contributed by atoms with Crippen LogP contribution in [0.15, 0.2) is 51.8 Å². The number of rotatable bonds is 7. The third kappa shape index (κ3) is 5.58. The van der Waals surface area contributed by atoms with E-state index in [1.165, 1.54) is 10.4 Å². The Kier molecular flexibility index (Phi) is 7.32. The number of halogens is 1. The van der Waals surface area contributed by atoms with Crippen LogP contribution in [0, 0.1) is 0 Å². The summed E-state index contributed by atoms with van der Waals surface area (Å²) in [5.41, 5.74) is 1.23. The molecule has 3 rings (SSSR count). The van der Waals surface area contributed by atoms with Gasteiger partial charge in [0.25, 0.3) is 0 Å². The first-order valence-corrected chi connectivity index (χ1v) is 11.9. The molecule has 0 bridgehead atoms. The van der Waals surface area contributed by atoms with Crippen molar-refractivity contribution < 1.29 is 17.9 Å². The van der Waals surface area contributed by atoms with Crippen molar-refractivity contribution in [1.29, 1.82) is 0 Å². The molecule has 0 saturated carbocycles. The number of nitrogens with zero attached hydrogens (tertiary/aromatic N) is 1. The molecular weight excluding hydrogens is 456 g/mol. The Labute approximate surface area is 180 Å². The van der Waals surface area contributed by atoms with Crippen molar-refractivity contribution >= 4 is 37.5 Å². The molecule has 0 aliphatic carbocycles. The zero-order valence-electron chi connectivity index (χ0n) is 16.4. The Morgan fingerprint density at radius 1 is 1.10 bits per heavy atom. The van der Waals surface area contributed by atoms with E-state index < -0.39 is 10.0 Å². The number of anilines is 1. The standard InChI is InChI=1S/C21H25BrN2O4S/c1-2-28-20-11-10-18(29(26,27)24-12-4-3-5-13-24)15-19(20)23-21(25)14-16-6-8-17(22)9-7-16/h6-11,15H,2-5,12-14H2,1H3,(H,23,25). The quantitative estimate of drug-likeness (QED) is 0.643. The molecule has 1 amide bonds. The fraction of sp³-hybridized carbons (Fsp3) is 0.381. The van der Waals surface area contributed by atoms with E-state index in [1.54, 1.807) is 12.1 Å². The minimum atomic E-state index is -3.59. The zero-order valence-corrected chi connectivity index (χ0v) is 18.8. The predicted octanol–water partition coefficient (Wildman–Crippen LogP) is 4.20. The largest absolute Gasteiger partial charge is 0.492 e. The highest BCUT2D eigenvalue weighted by atomic mass is 79.9. The average Bonchev–Trinajstić information content (AvgIpc) is 2.72. The second kappa shape index (κ2) is 9.73. The van der Waals surface area contributed by atoms with Crippen LogP contribution < -0.4 is 10.1 Å². The van der Waals surface area contributed by atoms with Gasteiger partial charge in [-0.2, -0.15) is 4.31 Å². The van der Waals surface area contributed by atoms with E-state index in [1.807, 2.05) is 31.2 Å². The number of carbonyl (C=O) groups is 1. The Balaban J connectivity index is 1.82. The van der Waals surface area contributed by atoms with Gasteiger partial charge in [0.05, 0.1) is 23.6 Å². The molecule has 1 fully saturated rings. The van der Waals surface area contributed by atoms with Gasteiger partial charge in [0.2, 0.25) is 15.9 Å². The molecule has 0 unspecified atom stereocenters. The SMILES string of the molecule is CCOc1ccc(S(=O)(=O)N2CCCCC2)cc1NC(=O)Cc1ccc(Br)cc1. The lowest BCUT2D eigenvalue weighted by atomic mass is 10.1. The van der Waals surface area contributed by atoms with Gasteiger partial charge in [-0.25, -0.2) is 8.42 Å². The lowest BCUT2D eigenvalue weighted by Gasteiger charge is -2.26. The lowest BCUT2D eigenvalue weighted by molar-refractivity contribution is -0.115. The monoisotopic (exact) mass is 480 g/mol. The molecule has 29 heavy (non-hydrogen) atoms. The smallest absolute Gasteiger partial charge is 0.243 e. The zero-order chi connectivity index (χ0) is 20.9. The number of amides is 1. The molecule has 1 aliphatic rings. The summed E-state index contributed by atoms with van der Waals surface area (Å²) < 4.78 is 34.0. The van der Waals surface area contributed by atoms with Gasteiger partial charge in [-0.3, -0.25) is 4.79 Å². The molecule has 1 saturated heterocycles. The van der Waals surface area contributed by atoms with E-state index in [0.29, 0.717) is 31.1 Å². The van der Waals surface area contributed by atoms with E-state index in [9.17, 15) is 13.2 Å². The normalized spacial score (nSPS) is 15.1. The Morgan fingerprint density at radius 3 is 2.45 bits per heavy atom. The molecule has 0 radical (unpaired) electrons. The first kappa shape index (κ1) is 21.8.